The van der Waals surface area contributed by atoms with Crippen molar-refractivity contribution in [3.63, 3.8) is 0 Å². The van der Waals surface area contributed by atoms with E-state index in [9.17, 15) is 4.79 Å². The highest BCUT2D eigenvalue weighted by Gasteiger charge is 2.43. The first-order chi connectivity index (χ1) is 10.2. The van der Waals surface area contributed by atoms with Gasteiger partial charge in [-0.05, 0) is 44.7 Å². The molecule has 21 heavy (non-hydrogen) atoms. The van der Waals surface area contributed by atoms with Gasteiger partial charge in [0.25, 0.3) is 0 Å². The van der Waals surface area contributed by atoms with Crippen molar-refractivity contribution in [1.29, 1.82) is 0 Å². The molecule has 1 fully saturated rings. The normalized spacial score (nSPS) is 18.4. The van der Waals surface area contributed by atoms with Gasteiger partial charge in [0.2, 0.25) is 0 Å². The van der Waals surface area contributed by atoms with Gasteiger partial charge in [-0.15, -0.1) is 0 Å². The molecule has 3 nitrogen and oxygen atoms in total. The van der Waals surface area contributed by atoms with Crippen LogP contribution < -0.4 is 0 Å². The maximum absolute atomic E-state index is 12.6. The summed E-state index contributed by atoms with van der Waals surface area (Å²) in [5.41, 5.74) is 0.653. The predicted molar refractivity (Wildman–Crippen MR) is 88.8 cm³/mol. The Bertz CT molecular complexity index is 441. The molecule has 0 unspecified atom stereocenters. The third kappa shape index (κ3) is 3.80. The molecule has 0 spiro atoms. The number of carbonyl (C=O) groups is 1. The molecule has 0 aliphatic carbocycles. The maximum atomic E-state index is 12.6. The van der Waals surface area contributed by atoms with Crippen molar-refractivity contribution in [1.82, 2.24) is 4.90 Å². The average Bonchev–Trinajstić information content (AvgIpc) is 2.54. The third-order valence-corrected chi connectivity index (χ3v) is 4.90. The first kappa shape index (κ1) is 16.4. The molecule has 1 aromatic rings. The molecule has 0 aromatic heterocycles. The van der Waals surface area contributed by atoms with Gasteiger partial charge in [0, 0.05) is 12.3 Å². The number of hydrogen-bond acceptors (Lipinski definition) is 4. The number of nitrogens with zero attached hydrogens (tertiary/aromatic N) is 1. The van der Waals surface area contributed by atoms with Crippen LogP contribution in [0.4, 0.5) is 0 Å². The highest BCUT2D eigenvalue weighted by Crippen LogP contribution is 2.36. The molecule has 0 N–H and O–H groups in total. The van der Waals surface area contributed by atoms with Gasteiger partial charge < -0.3 is 9.64 Å². The van der Waals surface area contributed by atoms with E-state index < -0.39 is 5.41 Å². The fourth-order valence-corrected chi connectivity index (χ4v) is 3.46. The highest BCUT2D eigenvalue weighted by atomic mass is 32.2. The van der Waals surface area contributed by atoms with Gasteiger partial charge in [-0.25, -0.2) is 0 Å². The van der Waals surface area contributed by atoms with Crippen molar-refractivity contribution >= 4 is 17.7 Å². The number of thioether (sulfide) groups is 1. The Morgan fingerprint density at radius 2 is 1.95 bits per heavy atom. The number of piperidine rings is 1. The second kappa shape index (κ2) is 7.85. The van der Waals surface area contributed by atoms with Crippen LogP contribution >= 0.6 is 11.8 Å². The van der Waals surface area contributed by atoms with Gasteiger partial charge in [-0.1, -0.05) is 30.3 Å². The summed E-state index contributed by atoms with van der Waals surface area (Å²) >= 11 is 1.87. The van der Waals surface area contributed by atoms with Crippen molar-refractivity contribution in [2.75, 3.05) is 38.2 Å². The Hall–Kier alpha value is -1.00. The molecule has 0 bridgehead atoms. The third-order valence-electron chi connectivity index (χ3n) is 4.31. The number of esters is 1. The molecule has 0 amide bonds. The van der Waals surface area contributed by atoms with Crippen LogP contribution in [0, 0.1) is 0 Å². The van der Waals surface area contributed by atoms with Crippen LogP contribution in [-0.4, -0.2) is 49.1 Å². The summed E-state index contributed by atoms with van der Waals surface area (Å²) in [5.74, 6) is 1.10. The van der Waals surface area contributed by atoms with E-state index >= 15 is 0 Å². The van der Waals surface area contributed by atoms with Gasteiger partial charge in [-0.3, -0.25) is 4.79 Å². The van der Waals surface area contributed by atoms with E-state index in [1.54, 1.807) is 0 Å². The summed E-state index contributed by atoms with van der Waals surface area (Å²) < 4.78 is 5.39. The zero-order chi connectivity index (χ0) is 15.1. The summed E-state index contributed by atoms with van der Waals surface area (Å²) in [6.45, 7) is 5.37. The van der Waals surface area contributed by atoms with Crippen molar-refractivity contribution in [2.45, 2.75) is 25.2 Å². The van der Waals surface area contributed by atoms with E-state index in [1.807, 2.05) is 36.9 Å². The topological polar surface area (TPSA) is 29.5 Å². The zero-order valence-electron chi connectivity index (χ0n) is 13.0. The summed E-state index contributed by atoms with van der Waals surface area (Å²) in [7, 11) is 0. The lowest BCUT2D eigenvalue weighted by Crippen LogP contribution is -2.48. The lowest BCUT2D eigenvalue weighted by Gasteiger charge is -2.40. The molecule has 2 rings (SSSR count). The molecule has 1 saturated heterocycles. The number of carbonyl (C=O) groups excluding carboxylic acids is 1. The summed E-state index contributed by atoms with van der Waals surface area (Å²) in [6.07, 6.45) is 3.84. The van der Waals surface area contributed by atoms with Crippen LogP contribution in [0.25, 0.3) is 0 Å². The van der Waals surface area contributed by atoms with Gasteiger partial charge in [0.05, 0.1) is 12.0 Å². The molecular weight excluding hydrogens is 282 g/mol. The smallest absolute Gasteiger partial charge is 0.316 e. The molecular formula is C17H25NO2S. The van der Waals surface area contributed by atoms with Crippen molar-refractivity contribution in [2.24, 2.45) is 0 Å². The van der Waals surface area contributed by atoms with Gasteiger partial charge in [0.15, 0.2) is 0 Å². The fraction of sp³-hybridized carbons (Fsp3) is 0.588. The molecule has 1 aliphatic heterocycles. The molecule has 1 aliphatic rings. The average molecular weight is 307 g/mol. The van der Waals surface area contributed by atoms with E-state index in [0.717, 1.165) is 43.8 Å². The van der Waals surface area contributed by atoms with Gasteiger partial charge >= 0.3 is 5.97 Å². The Morgan fingerprint density at radius 3 is 2.52 bits per heavy atom. The Kier molecular flexibility index (Phi) is 6.12. The van der Waals surface area contributed by atoms with Crippen molar-refractivity contribution in [3.8, 4) is 0 Å². The van der Waals surface area contributed by atoms with Gasteiger partial charge in [0.1, 0.15) is 0 Å². The molecule has 4 heteroatoms. The lowest BCUT2D eigenvalue weighted by atomic mass is 9.72. The van der Waals surface area contributed by atoms with E-state index in [1.165, 1.54) is 0 Å². The number of benzene rings is 1. The SMILES string of the molecule is CCOC(=O)C1(c2ccccc2)CCN(CCSC)CC1. The molecule has 0 radical (unpaired) electrons. The van der Waals surface area contributed by atoms with Crippen LogP contribution in [-0.2, 0) is 14.9 Å². The van der Waals surface area contributed by atoms with E-state index in [0.29, 0.717) is 6.61 Å². The first-order valence-electron chi connectivity index (χ1n) is 7.67. The molecule has 116 valence electrons. The highest BCUT2D eigenvalue weighted by molar-refractivity contribution is 7.98. The van der Waals surface area contributed by atoms with Crippen LogP contribution in [0.3, 0.4) is 0 Å². The lowest BCUT2D eigenvalue weighted by molar-refractivity contribution is -0.152. The maximum Gasteiger partial charge on any atom is 0.316 e. The van der Waals surface area contributed by atoms with Crippen molar-refractivity contribution < 1.29 is 9.53 Å². The van der Waals surface area contributed by atoms with Crippen LogP contribution in [0.2, 0.25) is 0 Å². The second-order valence-electron chi connectivity index (χ2n) is 5.50. The zero-order valence-corrected chi connectivity index (χ0v) is 13.8. The minimum Gasteiger partial charge on any atom is -0.465 e. The largest absolute Gasteiger partial charge is 0.465 e. The minimum atomic E-state index is -0.451. The van der Waals surface area contributed by atoms with E-state index in [4.69, 9.17) is 4.74 Å². The standard InChI is InChI=1S/C17H25NO2S/c1-3-20-16(19)17(15-7-5-4-6-8-15)9-11-18(12-10-17)13-14-21-2/h4-8H,3,9-14H2,1-2H3. The number of rotatable bonds is 6. The van der Waals surface area contributed by atoms with Crippen LogP contribution in [0.15, 0.2) is 30.3 Å². The van der Waals surface area contributed by atoms with Crippen LogP contribution in [0.5, 0.6) is 0 Å². The molecule has 1 heterocycles. The Labute approximate surface area is 132 Å². The summed E-state index contributed by atoms with van der Waals surface area (Å²) in [6, 6.07) is 10.1. The minimum absolute atomic E-state index is 0.0549. The van der Waals surface area contributed by atoms with Crippen LogP contribution in [0.1, 0.15) is 25.3 Å². The Balaban J connectivity index is 2.14. The number of likely N-dealkylation sites (tertiary alicyclic amines) is 1. The van der Waals surface area contributed by atoms with E-state index in [-0.39, 0.29) is 5.97 Å². The molecule has 1 aromatic carbocycles. The number of ether oxygens (including phenoxy) is 1. The Morgan fingerprint density at radius 1 is 1.29 bits per heavy atom. The van der Waals surface area contributed by atoms with E-state index in [2.05, 4.69) is 23.3 Å². The summed E-state index contributed by atoms with van der Waals surface area (Å²) in [5, 5.41) is 0. The molecule has 0 saturated carbocycles. The number of hydrogen-bond donors (Lipinski definition) is 0. The molecule has 0 atom stereocenters. The first-order valence-corrected chi connectivity index (χ1v) is 9.06. The van der Waals surface area contributed by atoms with Gasteiger partial charge in [-0.2, -0.15) is 11.8 Å². The predicted octanol–water partition coefficient (Wildman–Crippen LogP) is 2.95. The fourth-order valence-electron chi connectivity index (χ4n) is 3.02. The summed E-state index contributed by atoms with van der Waals surface area (Å²) in [4.78, 5) is 15.1. The quantitative estimate of drug-likeness (QED) is 0.756. The van der Waals surface area contributed by atoms with Crippen molar-refractivity contribution in [3.05, 3.63) is 35.9 Å². The monoisotopic (exact) mass is 307 g/mol. The second-order valence-corrected chi connectivity index (χ2v) is 6.49.